The summed E-state index contributed by atoms with van der Waals surface area (Å²) in [7, 11) is 0. The summed E-state index contributed by atoms with van der Waals surface area (Å²) in [6.45, 7) is -1.06. The number of amides is 2. The molecule has 8 nitrogen and oxygen atoms in total. The molecule has 1 aliphatic heterocycles. The van der Waals surface area contributed by atoms with Gasteiger partial charge in [0.25, 0.3) is 6.43 Å². The van der Waals surface area contributed by atoms with Crippen LogP contribution in [-0.4, -0.2) is 75.1 Å². The summed E-state index contributed by atoms with van der Waals surface area (Å²) >= 11 is 1.43. The van der Waals surface area contributed by atoms with E-state index in [9.17, 15) is 13.6 Å². The van der Waals surface area contributed by atoms with Crippen molar-refractivity contribution in [1.29, 1.82) is 0 Å². The van der Waals surface area contributed by atoms with E-state index in [0.717, 1.165) is 20.7 Å². The Kier molecular flexibility index (Phi) is 5.26. The molecule has 0 radical (unpaired) electrons. The zero-order valence-electron chi connectivity index (χ0n) is 19.8. The number of urea groups is 1. The summed E-state index contributed by atoms with van der Waals surface area (Å²) in [5, 5.41) is 14.0. The van der Waals surface area contributed by atoms with Crippen LogP contribution in [0.3, 0.4) is 0 Å². The number of carbonyl (C=O) groups is 1. The average molecular weight is 451 g/mol. The summed E-state index contributed by atoms with van der Waals surface area (Å²) in [4.78, 5) is 23.8. The first-order valence-electron chi connectivity index (χ1n) is 11.3. The quantitative estimate of drug-likeness (QED) is 0.639. The third-order valence-electron chi connectivity index (χ3n) is 5.11. The van der Waals surface area contributed by atoms with Crippen LogP contribution in [0.5, 0.6) is 0 Å². The van der Waals surface area contributed by atoms with Gasteiger partial charge in [-0.2, -0.15) is 0 Å². The van der Waals surface area contributed by atoms with E-state index in [-0.39, 0.29) is 19.1 Å². The molecule has 2 amide bonds. The Labute approximate surface area is 186 Å². The molecular weight excluding hydrogens is 424 g/mol. The lowest BCUT2D eigenvalue weighted by atomic mass is 10.0. The molecule has 0 unspecified atom stereocenters. The number of likely N-dealkylation sites (tertiary alicyclic amines) is 1. The lowest BCUT2D eigenvalue weighted by Gasteiger charge is -2.36. The number of aryl methyl sites for hydroxylation is 1. The molecule has 4 heterocycles. The van der Waals surface area contributed by atoms with Gasteiger partial charge in [-0.1, -0.05) is 11.3 Å². The van der Waals surface area contributed by atoms with Gasteiger partial charge in [0.05, 0.1) is 6.54 Å². The van der Waals surface area contributed by atoms with E-state index >= 15 is 0 Å². The fourth-order valence-corrected chi connectivity index (χ4v) is 4.15. The molecule has 31 heavy (non-hydrogen) atoms. The minimum absolute atomic E-state index is 0.254. The summed E-state index contributed by atoms with van der Waals surface area (Å²) < 4.78 is 48.4. The molecule has 164 valence electrons. The molecule has 0 saturated carbocycles. The first-order chi connectivity index (χ1) is 16.1. The maximum atomic E-state index is 12.9. The second kappa shape index (κ2) is 9.15. The van der Waals surface area contributed by atoms with Crippen LogP contribution in [-0.2, 0) is 0 Å². The van der Waals surface area contributed by atoms with Gasteiger partial charge < -0.3 is 4.90 Å². The second-order valence-electron chi connectivity index (χ2n) is 7.30. The van der Waals surface area contributed by atoms with E-state index in [2.05, 4.69) is 25.5 Å². The number of halogens is 2. The van der Waals surface area contributed by atoms with Crippen molar-refractivity contribution in [2.24, 2.45) is 0 Å². The van der Waals surface area contributed by atoms with E-state index in [1.807, 2.05) is 13.0 Å². The number of anilines is 1. The van der Waals surface area contributed by atoms with E-state index in [0.29, 0.717) is 29.4 Å². The van der Waals surface area contributed by atoms with Gasteiger partial charge in [-0.25, -0.2) is 18.6 Å². The van der Waals surface area contributed by atoms with Crippen LogP contribution in [0.25, 0.3) is 21.5 Å². The molecule has 3 aromatic rings. The van der Waals surface area contributed by atoms with Gasteiger partial charge in [-0.3, -0.25) is 15.2 Å². The average Bonchev–Trinajstić information content (AvgIpc) is 3.22. The van der Waals surface area contributed by atoms with Gasteiger partial charge in [0.2, 0.25) is 0 Å². The predicted molar refractivity (Wildman–Crippen MR) is 115 cm³/mol. The molecule has 1 fully saturated rings. The Hall–Kier alpha value is -2.79. The lowest BCUT2D eigenvalue weighted by Crippen LogP contribution is -2.47. The highest BCUT2D eigenvalue weighted by molar-refractivity contribution is 7.14. The number of hydrogen-bond donors (Lipinski definition) is 1. The van der Waals surface area contributed by atoms with E-state index < -0.39 is 26.0 Å². The number of nitrogens with one attached hydrogen (secondary N) is 1. The summed E-state index contributed by atoms with van der Waals surface area (Å²) in [6, 6.07) is 2.66. The summed E-state index contributed by atoms with van der Waals surface area (Å²) in [5.74, 6) is 0.354. The Morgan fingerprint density at radius 1 is 1.29 bits per heavy atom. The van der Waals surface area contributed by atoms with E-state index in [4.69, 9.17) is 4.11 Å². The number of rotatable bonds is 5. The van der Waals surface area contributed by atoms with Gasteiger partial charge in [-0.15, -0.1) is 10.2 Å². The lowest BCUT2D eigenvalue weighted by molar-refractivity contribution is 0.0628. The molecule has 0 aromatic carbocycles. The molecule has 1 aliphatic rings. The SMILES string of the molecule is [2H]C([2H])([2H])N(CC(F)F)C1CCN(C(=O)Nc2cc3cc(-c4nnc(C)s4)ncc3cn2)CC1. The third kappa shape index (κ3) is 5.10. The minimum atomic E-state index is -2.74. The Morgan fingerprint density at radius 2 is 2.06 bits per heavy atom. The number of nitrogens with zero attached hydrogens (tertiary/aromatic N) is 6. The Balaban J connectivity index is 1.41. The monoisotopic (exact) mass is 450 g/mol. The minimum Gasteiger partial charge on any atom is -0.324 e. The second-order valence-corrected chi connectivity index (χ2v) is 8.49. The fraction of sp³-hybridized carbons (Fsp3) is 0.450. The van der Waals surface area contributed by atoms with E-state index in [1.165, 1.54) is 16.2 Å². The molecule has 4 rings (SSSR count). The van der Waals surface area contributed by atoms with Crippen LogP contribution < -0.4 is 5.32 Å². The maximum Gasteiger partial charge on any atom is 0.323 e. The van der Waals surface area contributed by atoms with Crippen molar-refractivity contribution in [2.45, 2.75) is 32.2 Å². The van der Waals surface area contributed by atoms with Crippen molar-refractivity contribution in [3.05, 3.63) is 29.5 Å². The number of fused-ring (bicyclic) bond motifs is 1. The highest BCUT2D eigenvalue weighted by Crippen LogP contribution is 2.25. The number of alkyl halides is 2. The molecule has 0 bridgehead atoms. The predicted octanol–water partition coefficient (Wildman–Crippen LogP) is 3.65. The number of carbonyl (C=O) groups excluding carboxylic acids is 1. The number of hydrogen-bond acceptors (Lipinski definition) is 7. The first-order valence-corrected chi connectivity index (χ1v) is 10.6. The Morgan fingerprint density at radius 3 is 2.74 bits per heavy atom. The van der Waals surface area contributed by atoms with Gasteiger partial charge in [0.1, 0.15) is 16.5 Å². The fourth-order valence-electron chi connectivity index (χ4n) is 3.49. The topological polar surface area (TPSA) is 87.1 Å². The van der Waals surface area contributed by atoms with Crippen molar-refractivity contribution < 1.29 is 17.7 Å². The van der Waals surface area contributed by atoms with Gasteiger partial charge in [0, 0.05) is 41.0 Å². The van der Waals surface area contributed by atoms with Crippen molar-refractivity contribution in [3.63, 3.8) is 0 Å². The highest BCUT2D eigenvalue weighted by atomic mass is 32.1. The smallest absolute Gasteiger partial charge is 0.323 e. The maximum absolute atomic E-state index is 12.9. The largest absolute Gasteiger partial charge is 0.324 e. The third-order valence-corrected chi connectivity index (χ3v) is 5.97. The molecule has 11 heteroatoms. The Bertz CT molecular complexity index is 1170. The molecule has 3 aromatic heterocycles. The summed E-state index contributed by atoms with van der Waals surface area (Å²) in [6.07, 6.45) is 1.13. The standard InChI is InChI=1S/C20H23F2N7OS/c1-12-26-27-19(31-12)16-7-13-8-18(24-10-14(13)9-23-16)25-20(30)29-5-3-15(4-6-29)28(2)11-17(21)22/h7-10,15,17H,3-6,11H2,1-2H3,(H,24,25,30)/i2D3. The van der Waals surface area contributed by atoms with E-state index in [1.54, 1.807) is 18.5 Å². The molecule has 0 aliphatic carbocycles. The van der Waals surface area contributed by atoms with Crippen molar-refractivity contribution in [3.8, 4) is 10.7 Å². The van der Waals surface area contributed by atoms with Crippen molar-refractivity contribution >= 4 is 34.0 Å². The molecule has 1 N–H and O–H groups in total. The number of pyridine rings is 2. The van der Waals surface area contributed by atoms with Crippen LogP contribution in [0.15, 0.2) is 24.5 Å². The van der Waals surface area contributed by atoms with Crippen molar-refractivity contribution in [1.82, 2.24) is 30.0 Å². The van der Waals surface area contributed by atoms with Crippen molar-refractivity contribution in [2.75, 3.05) is 31.9 Å². The molecule has 0 spiro atoms. The zero-order chi connectivity index (χ0) is 24.5. The van der Waals surface area contributed by atoms with Gasteiger partial charge >= 0.3 is 6.03 Å². The van der Waals surface area contributed by atoms with Crippen LogP contribution in [0.4, 0.5) is 19.4 Å². The van der Waals surface area contributed by atoms with Crippen LogP contribution in [0.1, 0.15) is 22.0 Å². The van der Waals surface area contributed by atoms with Gasteiger partial charge in [-0.05, 0) is 44.3 Å². The van der Waals surface area contributed by atoms with Crippen LogP contribution >= 0.6 is 11.3 Å². The first kappa shape index (κ1) is 17.8. The normalized spacial score (nSPS) is 17.1. The molecule has 1 saturated heterocycles. The molecule has 0 atom stereocenters. The highest BCUT2D eigenvalue weighted by Gasteiger charge is 2.26. The van der Waals surface area contributed by atoms with Crippen LogP contribution in [0, 0.1) is 6.92 Å². The van der Waals surface area contributed by atoms with Crippen LogP contribution in [0.2, 0.25) is 0 Å². The summed E-state index contributed by atoms with van der Waals surface area (Å²) in [5.41, 5.74) is 0.672. The number of aromatic nitrogens is 4. The molecular formula is C20H23F2N7OS. The van der Waals surface area contributed by atoms with Gasteiger partial charge in [0.15, 0.2) is 5.01 Å². The zero-order valence-corrected chi connectivity index (χ0v) is 17.6. The number of piperidine rings is 1.